The van der Waals surface area contributed by atoms with Gasteiger partial charge < -0.3 is 4.74 Å². The molecule has 0 bridgehead atoms. The number of rotatable bonds is 6. The van der Waals surface area contributed by atoms with Gasteiger partial charge in [-0.05, 0) is 40.5 Å². The monoisotopic (exact) mass is 353 g/mol. The summed E-state index contributed by atoms with van der Waals surface area (Å²) < 4.78 is 6.15. The molecule has 0 radical (unpaired) electrons. The number of carbonyl (C=O) groups excluding carboxylic acids is 1. The molecule has 1 atom stereocenters. The first kappa shape index (κ1) is 15.2. The zero-order valence-electron chi connectivity index (χ0n) is 11.1. The van der Waals surface area contributed by atoms with Gasteiger partial charge in [-0.25, -0.2) is 4.79 Å². The van der Waals surface area contributed by atoms with E-state index in [1.807, 2.05) is 49.4 Å². The van der Waals surface area contributed by atoms with Crippen LogP contribution in [-0.2, 0) is 16.1 Å². The predicted molar refractivity (Wildman–Crippen MR) is 84.7 cm³/mol. The van der Waals surface area contributed by atoms with E-state index in [0.717, 1.165) is 14.2 Å². The first-order valence-corrected chi connectivity index (χ1v) is 8.01. The summed E-state index contributed by atoms with van der Waals surface area (Å²) in [4.78, 5) is 13.0. The molecule has 20 heavy (non-hydrogen) atoms. The van der Waals surface area contributed by atoms with Crippen LogP contribution in [-0.4, -0.2) is 12.6 Å². The van der Waals surface area contributed by atoms with E-state index in [4.69, 9.17) is 4.74 Å². The summed E-state index contributed by atoms with van der Waals surface area (Å²) in [7, 11) is 0. The molecule has 5 heteroatoms. The Morgan fingerprint density at radius 2 is 2.05 bits per heavy atom. The van der Waals surface area contributed by atoms with Crippen molar-refractivity contribution in [1.82, 2.24) is 5.32 Å². The van der Waals surface area contributed by atoms with Crippen LogP contribution in [0.25, 0.3) is 0 Å². The van der Waals surface area contributed by atoms with Gasteiger partial charge in [-0.15, -0.1) is 11.3 Å². The molecule has 2 rings (SSSR count). The Balaban J connectivity index is 2.08. The molecule has 106 valence electrons. The minimum absolute atomic E-state index is 0.238. The van der Waals surface area contributed by atoms with Gasteiger partial charge in [-0.3, -0.25) is 5.32 Å². The third kappa shape index (κ3) is 4.16. The molecule has 0 aliphatic rings. The normalized spacial score (nSPS) is 12.1. The van der Waals surface area contributed by atoms with Crippen LogP contribution in [0.1, 0.15) is 23.4 Å². The molecule has 3 nitrogen and oxygen atoms in total. The molecule has 0 amide bonds. The summed E-state index contributed by atoms with van der Waals surface area (Å²) in [6.07, 6.45) is 0. The van der Waals surface area contributed by atoms with Crippen LogP contribution in [0.5, 0.6) is 0 Å². The van der Waals surface area contributed by atoms with Crippen molar-refractivity contribution in [3.63, 3.8) is 0 Å². The Morgan fingerprint density at radius 3 is 2.65 bits per heavy atom. The highest BCUT2D eigenvalue weighted by atomic mass is 79.9. The Labute approximate surface area is 131 Å². The fourth-order valence-corrected chi connectivity index (χ4v) is 3.31. The molecule has 0 saturated carbocycles. The Bertz CT molecular complexity index is 556. The second-order valence-corrected chi connectivity index (χ2v) is 6.69. The highest BCUT2D eigenvalue weighted by molar-refractivity contribution is 9.11. The molecule has 1 aromatic heterocycles. The zero-order chi connectivity index (χ0) is 14.4. The van der Waals surface area contributed by atoms with E-state index < -0.39 is 6.04 Å². The quantitative estimate of drug-likeness (QED) is 0.800. The van der Waals surface area contributed by atoms with Crippen LogP contribution in [0.4, 0.5) is 0 Å². The number of carbonyl (C=O) groups is 1. The van der Waals surface area contributed by atoms with E-state index in [1.54, 1.807) is 0 Å². The second kappa shape index (κ2) is 7.57. The highest BCUT2D eigenvalue weighted by Gasteiger charge is 2.23. The van der Waals surface area contributed by atoms with Gasteiger partial charge in [0.15, 0.2) is 0 Å². The van der Waals surface area contributed by atoms with Gasteiger partial charge in [0.1, 0.15) is 6.04 Å². The maximum Gasteiger partial charge on any atom is 0.328 e. The molecule has 0 fully saturated rings. The van der Waals surface area contributed by atoms with Crippen molar-refractivity contribution >= 4 is 33.2 Å². The number of ether oxygens (including phenoxy) is 1. The van der Waals surface area contributed by atoms with Crippen LogP contribution in [0.3, 0.4) is 0 Å². The number of halogens is 1. The van der Waals surface area contributed by atoms with Crippen LogP contribution in [0, 0.1) is 0 Å². The van der Waals surface area contributed by atoms with Crippen molar-refractivity contribution in [2.45, 2.75) is 19.5 Å². The van der Waals surface area contributed by atoms with Gasteiger partial charge in [0, 0.05) is 11.4 Å². The lowest BCUT2D eigenvalue weighted by Crippen LogP contribution is -2.29. The van der Waals surface area contributed by atoms with Gasteiger partial charge in [0.25, 0.3) is 0 Å². The lowest BCUT2D eigenvalue weighted by atomic mass is 10.2. The molecule has 0 saturated heterocycles. The van der Waals surface area contributed by atoms with Crippen molar-refractivity contribution in [3.8, 4) is 0 Å². The fourth-order valence-electron chi connectivity index (χ4n) is 1.82. The fraction of sp³-hybridized carbons (Fsp3) is 0.267. The molecule has 1 heterocycles. The van der Waals surface area contributed by atoms with Crippen LogP contribution >= 0.6 is 27.3 Å². The predicted octanol–water partition coefficient (Wildman–Crippen LogP) is 3.90. The number of esters is 1. The number of hydrogen-bond acceptors (Lipinski definition) is 4. The number of thiophene rings is 1. The number of benzene rings is 1. The van der Waals surface area contributed by atoms with E-state index in [1.165, 1.54) is 11.3 Å². The third-order valence-electron chi connectivity index (χ3n) is 2.75. The summed E-state index contributed by atoms with van der Waals surface area (Å²) >= 11 is 4.96. The van der Waals surface area contributed by atoms with E-state index in [-0.39, 0.29) is 5.97 Å². The van der Waals surface area contributed by atoms with Gasteiger partial charge >= 0.3 is 5.97 Å². The molecule has 0 spiro atoms. The molecule has 1 aromatic carbocycles. The molecular formula is C15H16BrNO2S. The third-order valence-corrected chi connectivity index (χ3v) is 4.44. The maximum absolute atomic E-state index is 12.1. The smallest absolute Gasteiger partial charge is 0.328 e. The first-order valence-electron chi connectivity index (χ1n) is 6.40. The lowest BCUT2D eigenvalue weighted by molar-refractivity contribution is -0.145. The highest BCUT2D eigenvalue weighted by Crippen LogP contribution is 2.28. The number of nitrogens with one attached hydrogen (secondary N) is 1. The van der Waals surface area contributed by atoms with E-state index in [2.05, 4.69) is 21.2 Å². The van der Waals surface area contributed by atoms with E-state index >= 15 is 0 Å². The van der Waals surface area contributed by atoms with Crippen LogP contribution in [0.2, 0.25) is 0 Å². The molecule has 0 aliphatic heterocycles. The average Bonchev–Trinajstić information content (AvgIpc) is 2.87. The van der Waals surface area contributed by atoms with Gasteiger partial charge in [-0.1, -0.05) is 30.3 Å². The van der Waals surface area contributed by atoms with Crippen molar-refractivity contribution < 1.29 is 9.53 Å². The van der Waals surface area contributed by atoms with Crippen molar-refractivity contribution in [3.05, 3.63) is 56.7 Å². The molecule has 2 aromatic rings. The second-order valence-electron chi connectivity index (χ2n) is 4.19. The molecule has 1 N–H and O–H groups in total. The zero-order valence-corrected chi connectivity index (χ0v) is 13.5. The Hall–Kier alpha value is -1.17. The maximum atomic E-state index is 12.1. The summed E-state index contributed by atoms with van der Waals surface area (Å²) in [5.74, 6) is -0.238. The number of hydrogen-bond donors (Lipinski definition) is 1. The standard InChI is InChI=1S/C15H16BrNO2S/c1-2-19-15(18)14(12-8-9-13(16)20-12)17-10-11-6-4-3-5-7-11/h3-9,14,17H,2,10H2,1H3. The van der Waals surface area contributed by atoms with Crippen molar-refractivity contribution in [2.75, 3.05) is 6.61 Å². The SMILES string of the molecule is CCOC(=O)C(NCc1ccccc1)c1ccc(Br)s1. The lowest BCUT2D eigenvalue weighted by Gasteiger charge is -2.16. The average molecular weight is 354 g/mol. The molecule has 0 aliphatic carbocycles. The van der Waals surface area contributed by atoms with Crippen molar-refractivity contribution in [2.24, 2.45) is 0 Å². The molecule has 1 unspecified atom stereocenters. The summed E-state index contributed by atoms with van der Waals surface area (Å²) in [6.45, 7) is 2.82. The van der Waals surface area contributed by atoms with Gasteiger partial charge in [0.2, 0.25) is 0 Å². The summed E-state index contributed by atoms with van der Waals surface area (Å²) in [5.41, 5.74) is 1.14. The van der Waals surface area contributed by atoms with Crippen LogP contribution in [0.15, 0.2) is 46.3 Å². The summed E-state index contributed by atoms with van der Waals surface area (Å²) in [6, 6.07) is 13.5. The summed E-state index contributed by atoms with van der Waals surface area (Å²) in [5, 5.41) is 3.27. The van der Waals surface area contributed by atoms with Crippen LogP contribution < -0.4 is 5.32 Å². The molecular weight excluding hydrogens is 338 g/mol. The first-order chi connectivity index (χ1) is 9.70. The largest absolute Gasteiger partial charge is 0.465 e. The van der Waals surface area contributed by atoms with E-state index in [9.17, 15) is 4.79 Å². The minimum atomic E-state index is -0.425. The van der Waals surface area contributed by atoms with Gasteiger partial charge in [-0.2, -0.15) is 0 Å². The Morgan fingerprint density at radius 1 is 1.30 bits per heavy atom. The Kier molecular flexibility index (Phi) is 5.76. The van der Waals surface area contributed by atoms with Crippen molar-refractivity contribution in [1.29, 1.82) is 0 Å². The topological polar surface area (TPSA) is 38.3 Å². The van der Waals surface area contributed by atoms with E-state index in [0.29, 0.717) is 13.2 Å². The minimum Gasteiger partial charge on any atom is -0.465 e. The van der Waals surface area contributed by atoms with Gasteiger partial charge in [0.05, 0.1) is 10.4 Å².